The van der Waals surface area contributed by atoms with Crippen molar-refractivity contribution in [2.45, 2.75) is 19.9 Å². The van der Waals surface area contributed by atoms with Crippen LogP contribution in [0.3, 0.4) is 0 Å². The average Bonchev–Trinajstić information content (AvgIpc) is 2.72. The van der Waals surface area contributed by atoms with Gasteiger partial charge in [-0.1, -0.05) is 30.7 Å². The van der Waals surface area contributed by atoms with Crippen molar-refractivity contribution in [1.29, 1.82) is 0 Å². The highest BCUT2D eigenvalue weighted by Crippen LogP contribution is 2.27. The predicted octanol–water partition coefficient (Wildman–Crippen LogP) is 4.41. The van der Waals surface area contributed by atoms with Crippen LogP contribution in [0.2, 0.25) is 5.02 Å². The summed E-state index contributed by atoms with van der Waals surface area (Å²) in [6.07, 6.45) is 0. The first kappa shape index (κ1) is 12.6. The zero-order chi connectivity index (χ0) is 12.3. The summed E-state index contributed by atoms with van der Waals surface area (Å²) in [7, 11) is 0. The molecular formula is C14H16ClNS. The van der Waals surface area contributed by atoms with Crippen molar-refractivity contribution < 1.29 is 0 Å². The largest absolute Gasteiger partial charge is 0.307 e. The number of nitrogens with one attached hydrogen (secondary N) is 1. The molecule has 0 bridgehead atoms. The Morgan fingerprint density at radius 2 is 2.12 bits per heavy atom. The Morgan fingerprint density at radius 1 is 1.29 bits per heavy atom. The number of aryl methyl sites for hydroxylation is 1. The summed E-state index contributed by atoms with van der Waals surface area (Å²) in [6.45, 7) is 5.19. The van der Waals surface area contributed by atoms with E-state index >= 15 is 0 Å². The first-order chi connectivity index (χ1) is 8.20. The van der Waals surface area contributed by atoms with Crippen molar-refractivity contribution in [3.05, 3.63) is 56.7 Å². The standard InChI is InChI=1S/C14H16ClNS/c1-3-16-14(12-7-10(2)17-9-12)11-5-4-6-13(15)8-11/h4-9,14,16H,3H2,1-2H3. The minimum atomic E-state index is 0.239. The van der Waals surface area contributed by atoms with Crippen molar-refractivity contribution in [3.63, 3.8) is 0 Å². The lowest BCUT2D eigenvalue weighted by molar-refractivity contribution is 0.632. The Labute approximate surface area is 111 Å². The van der Waals surface area contributed by atoms with Crippen molar-refractivity contribution in [2.75, 3.05) is 6.54 Å². The number of rotatable bonds is 4. The van der Waals surface area contributed by atoms with Gasteiger partial charge in [-0.25, -0.2) is 0 Å². The lowest BCUT2D eigenvalue weighted by Gasteiger charge is -2.17. The highest BCUT2D eigenvalue weighted by Gasteiger charge is 2.14. The second-order valence-electron chi connectivity index (χ2n) is 4.04. The highest BCUT2D eigenvalue weighted by atomic mass is 35.5. The highest BCUT2D eigenvalue weighted by molar-refractivity contribution is 7.10. The van der Waals surface area contributed by atoms with Crippen LogP contribution in [-0.2, 0) is 0 Å². The minimum Gasteiger partial charge on any atom is -0.307 e. The summed E-state index contributed by atoms with van der Waals surface area (Å²) in [5.74, 6) is 0. The number of halogens is 1. The normalized spacial score (nSPS) is 12.6. The Bertz CT molecular complexity index is 492. The SMILES string of the molecule is CCNC(c1cccc(Cl)c1)c1csc(C)c1. The molecule has 0 aliphatic rings. The maximum absolute atomic E-state index is 6.06. The van der Waals surface area contributed by atoms with Gasteiger partial charge in [0, 0.05) is 9.90 Å². The third-order valence-corrected chi connectivity index (χ3v) is 3.79. The van der Waals surface area contributed by atoms with E-state index in [-0.39, 0.29) is 6.04 Å². The van der Waals surface area contributed by atoms with Crippen LogP contribution >= 0.6 is 22.9 Å². The molecule has 17 heavy (non-hydrogen) atoms. The van der Waals surface area contributed by atoms with E-state index in [0.29, 0.717) is 0 Å². The zero-order valence-electron chi connectivity index (χ0n) is 10.0. The van der Waals surface area contributed by atoms with E-state index < -0.39 is 0 Å². The first-order valence-corrected chi connectivity index (χ1v) is 7.00. The van der Waals surface area contributed by atoms with Gasteiger partial charge in [0.05, 0.1) is 6.04 Å². The molecule has 1 nitrogen and oxygen atoms in total. The topological polar surface area (TPSA) is 12.0 Å². The molecule has 0 amide bonds. The van der Waals surface area contributed by atoms with Gasteiger partial charge in [0.2, 0.25) is 0 Å². The minimum absolute atomic E-state index is 0.239. The van der Waals surface area contributed by atoms with Crippen LogP contribution in [0.5, 0.6) is 0 Å². The Hall–Kier alpha value is -0.830. The summed E-state index contributed by atoms with van der Waals surface area (Å²) in [5.41, 5.74) is 2.54. The van der Waals surface area contributed by atoms with E-state index in [1.807, 2.05) is 18.2 Å². The Balaban J connectivity index is 2.35. The van der Waals surface area contributed by atoms with Gasteiger partial charge < -0.3 is 5.32 Å². The number of hydrogen-bond donors (Lipinski definition) is 1. The van der Waals surface area contributed by atoms with Crippen LogP contribution in [-0.4, -0.2) is 6.54 Å². The van der Waals surface area contributed by atoms with E-state index in [9.17, 15) is 0 Å². The molecule has 0 aliphatic heterocycles. The van der Waals surface area contributed by atoms with E-state index in [2.05, 4.69) is 36.7 Å². The van der Waals surface area contributed by atoms with Crippen LogP contribution in [0.25, 0.3) is 0 Å². The van der Waals surface area contributed by atoms with Gasteiger partial charge in [-0.05, 0) is 48.2 Å². The first-order valence-electron chi connectivity index (χ1n) is 5.74. The fourth-order valence-electron chi connectivity index (χ4n) is 1.93. The van der Waals surface area contributed by atoms with E-state index in [4.69, 9.17) is 11.6 Å². The van der Waals surface area contributed by atoms with E-state index in [0.717, 1.165) is 11.6 Å². The monoisotopic (exact) mass is 265 g/mol. The van der Waals surface area contributed by atoms with Gasteiger partial charge in [0.15, 0.2) is 0 Å². The van der Waals surface area contributed by atoms with Gasteiger partial charge in [-0.3, -0.25) is 0 Å². The number of hydrogen-bond acceptors (Lipinski definition) is 2. The molecule has 0 spiro atoms. The molecule has 1 aromatic heterocycles. The Kier molecular flexibility index (Phi) is 4.21. The van der Waals surface area contributed by atoms with Crippen LogP contribution < -0.4 is 5.32 Å². The van der Waals surface area contributed by atoms with Crippen molar-refractivity contribution in [2.24, 2.45) is 0 Å². The lowest BCUT2D eigenvalue weighted by Crippen LogP contribution is -2.21. The fraction of sp³-hybridized carbons (Fsp3) is 0.286. The van der Waals surface area contributed by atoms with Crippen LogP contribution in [0.1, 0.15) is 29.0 Å². The number of benzene rings is 1. The summed E-state index contributed by atoms with van der Waals surface area (Å²) >= 11 is 7.84. The third kappa shape index (κ3) is 3.09. The zero-order valence-corrected chi connectivity index (χ0v) is 11.6. The van der Waals surface area contributed by atoms with Crippen LogP contribution in [0.4, 0.5) is 0 Å². The molecular weight excluding hydrogens is 250 g/mol. The van der Waals surface area contributed by atoms with Gasteiger partial charge in [-0.2, -0.15) is 0 Å². The Morgan fingerprint density at radius 3 is 2.71 bits per heavy atom. The predicted molar refractivity (Wildman–Crippen MR) is 76.0 cm³/mol. The smallest absolute Gasteiger partial charge is 0.0585 e. The second-order valence-corrected chi connectivity index (χ2v) is 5.59. The molecule has 1 heterocycles. The molecule has 0 saturated carbocycles. The molecule has 3 heteroatoms. The third-order valence-electron chi connectivity index (χ3n) is 2.67. The molecule has 0 radical (unpaired) electrons. The molecule has 90 valence electrons. The number of thiophene rings is 1. The molecule has 2 rings (SSSR count). The summed E-state index contributed by atoms with van der Waals surface area (Å²) in [5, 5.41) is 6.50. The van der Waals surface area contributed by atoms with Crippen LogP contribution in [0, 0.1) is 6.92 Å². The van der Waals surface area contributed by atoms with Crippen LogP contribution in [0.15, 0.2) is 35.7 Å². The molecule has 0 aliphatic carbocycles. The second kappa shape index (κ2) is 5.67. The van der Waals surface area contributed by atoms with E-state index in [1.165, 1.54) is 16.0 Å². The fourth-order valence-corrected chi connectivity index (χ4v) is 2.86. The van der Waals surface area contributed by atoms with E-state index in [1.54, 1.807) is 11.3 Å². The molecule has 2 aromatic rings. The summed E-state index contributed by atoms with van der Waals surface area (Å²) in [6, 6.07) is 10.5. The quantitative estimate of drug-likeness (QED) is 0.864. The van der Waals surface area contributed by atoms with Gasteiger partial charge >= 0.3 is 0 Å². The van der Waals surface area contributed by atoms with Gasteiger partial charge in [0.25, 0.3) is 0 Å². The molecule has 1 atom stereocenters. The van der Waals surface area contributed by atoms with Crippen molar-refractivity contribution in [1.82, 2.24) is 5.32 Å². The molecule has 1 aromatic carbocycles. The maximum atomic E-state index is 6.06. The van der Waals surface area contributed by atoms with Crippen molar-refractivity contribution >= 4 is 22.9 Å². The molecule has 1 N–H and O–H groups in total. The van der Waals surface area contributed by atoms with Gasteiger partial charge in [0.1, 0.15) is 0 Å². The average molecular weight is 266 g/mol. The molecule has 0 saturated heterocycles. The lowest BCUT2D eigenvalue weighted by atomic mass is 10.0. The van der Waals surface area contributed by atoms with Gasteiger partial charge in [-0.15, -0.1) is 11.3 Å². The summed E-state index contributed by atoms with van der Waals surface area (Å²) in [4.78, 5) is 1.34. The maximum Gasteiger partial charge on any atom is 0.0585 e. The summed E-state index contributed by atoms with van der Waals surface area (Å²) < 4.78 is 0. The molecule has 1 unspecified atom stereocenters. The van der Waals surface area contributed by atoms with Crippen molar-refractivity contribution in [3.8, 4) is 0 Å². The molecule has 0 fully saturated rings.